The Hall–Kier alpha value is -1.48. The molecule has 4 rings (SSSR count). The molecule has 3 heterocycles. The number of thioether (sulfide) groups is 1. The zero-order chi connectivity index (χ0) is 16.7. The van der Waals surface area contributed by atoms with Crippen molar-refractivity contribution in [2.75, 3.05) is 11.5 Å². The number of rotatable bonds is 3. The number of hydrogen-bond donors (Lipinski definition) is 1. The van der Waals surface area contributed by atoms with Crippen LogP contribution in [0.3, 0.4) is 0 Å². The molecule has 1 aliphatic heterocycles. The Morgan fingerprint density at radius 3 is 2.67 bits per heavy atom. The molecular weight excluding hydrogens is 364 g/mol. The number of aliphatic hydroxyl groups excluding tert-OH is 1. The van der Waals surface area contributed by atoms with Gasteiger partial charge in [-0.2, -0.15) is 0 Å². The van der Waals surface area contributed by atoms with Crippen LogP contribution in [-0.2, 0) is 9.84 Å². The third kappa shape index (κ3) is 3.06. The minimum absolute atomic E-state index is 0.0139. The Morgan fingerprint density at radius 2 is 1.96 bits per heavy atom. The van der Waals surface area contributed by atoms with E-state index < -0.39 is 15.9 Å². The summed E-state index contributed by atoms with van der Waals surface area (Å²) in [5.41, 5.74) is 1.11. The van der Waals surface area contributed by atoms with Gasteiger partial charge in [0.15, 0.2) is 9.84 Å². The lowest BCUT2D eigenvalue weighted by atomic mass is 10.2. The van der Waals surface area contributed by atoms with Crippen LogP contribution in [-0.4, -0.2) is 46.4 Å². The van der Waals surface area contributed by atoms with Crippen molar-refractivity contribution >= 4 is 43.2 Å². The lowest BCUT2D eigenvalue weighted by Gasteiger charge is -2.11. The summed E-state index contributed by atoms with van der Waals surface area (Å²) in [6, 6.07) is 12.1. The summed E-state index contributed by atoms with van der Waals surface area (Å²) in [5, 5.41) is 11.2. The molecule has 0 amide bonds. The number of benzene rings is 1. The Bertz CT molecular complexity index is 986. The second-order valence-electron chi connectivity index (χ2n) is 5.67. The first-order chi connectivity index (χ1) is 11.5. The maximum atomic E-state index is 11.7. The van der Waals surface area contributed by atoms with Gasteiger partial charge in [-0.1, -0.05) is 42.1 Å². The van der Waals surface area contributed by atoms with Crippen LogP contribution in [0.1, 0.15) is 0 Å². The summed E-state index contributed by atoms with van der Waals surface area (Å²) < 4.78 is 23.4. The third-order valence-electron chi connectivity index (χ3n) is 3.89. The molecule has 0 aliphatic carbocycles. The molecular formula is C16H14N2O3S3. The first-order valence-corrected chi connectivity index (χ1v) is 10.9. The van der Waals surface area contributed by atoms with E-state index in [9.17, 15) is 13.5 Å². The molecule has 1 aliphatic rings. The summed E-state index contributed by atoms with van der Waals surface area (Å²) >= 11 is 2.90. The van der Waals surface area contributed by atoms with Crippen molar-refractivity contribution in [1.29, 1.82) is 0 Å². The summed E-state index contributed by atoms with van der Waals surface area (Å²) in [6.45, 7) is 0. The maximum absolute atomic E-state index is 11.7. The van der Waals surface area contributed by atoms with Gasteiger partial charge in [0.25, 0.3) is 0 Å². The molecule has 8 heteroatoms. The van der Waals surface area contributed by atoms with Gasteiger partial charge in [0.1, 0.15) is 16.2 Å². The molecule has 1 N–H and O–H groups in total. The van der Waals surface area contributed by atoms with Gasteiger partial charge in [-0.05, 0) is 11.6 Å². The number of sulfone groups is 1. The number of thiophene rings is 1. The quantitative estimate of drug-likeness (QED) is 0.706. The minimum atomic E-state index is -3.17. The van der Waals surface area contributed by atoms with E-state index in [-0.39, 0.29) is 16.8 Å². The Labute approximate surface area is 147 Å². The van der Waals surface area contributed by atoms with Crippen molar-refractivity contribution in [2.45, 2.75) is 16.4 Å². The maximum Gasteiger partial charge on any atom is 0.154 e. The highest BCUT2D eigenvalue weighted by Gasteiger charge is 2.37. The van der Waals surface area contributed by atoms with E-state index in [1.807, 2.05) is 36.4 Å². The van der Waals surface area contributed by atoms with Crippen LogP contribution in [0.5, 0.6) is 0 Å². The number of aliphatic hydroxyl groups is 1. The van der Waals surface area contributed by atoms with E-state index in [1.54, 1.807) is 11.3 Å². The van der Waals surface area contributed by atoms with Gasteiger partial charge in [-0.25, -0.2) is 18.4 Å². The van der Waals surface area contributed by atoms with Crippen LogP contribution < -0.4 is 0 Å². The molecule has 1 saturated heterocycles. The van der Waals surface area contributed by atoms with Gasteiger partial charge in [-0.3, -0.25) is 0 Å². The lowest BCUT2D eigenvalue weighted by molar-refractivity contribution is 0.207. The second kappa shape index (κ2) is 6.11. The molecule has 0 radical (unpaired) electrons. The number of hydrogen-bond acceptors (Lipinski definition) is 7. The van der Waals surface area contributed by atoms with E-state index in [1.165, 1.54) is 18.1 Å². The largest absolute Gasteiger partial charge is 0.391 e. The first kappa shape index (κ1) is 16.0. The highest BCUT2D eigenvalue weighted by atomic mass is 32.2. The van der Waals surface area contributed by atoms with Crippen LogP contribution in [0.4, 0.5) is 0 Å². The van der Waals surface area contributed by atoms with Crippen LogP contribution in [0, 0.1) is 0 Å². The summed E-state index contributed by atoms with van der Waals surface area (Å²) in [7, 11) is -3.17. The van der Waals surface area contributed by atoms with E-state index in [0.29, 0.717) is 0 Å². The normalized spacial score (nSPS) is 22.9. The van der Waals surface area contributed by atoms with Gasteiger partial charge in [-0.15, -0.1) is 11.3 Å². The van der Waals surface area contributed by atoms with E-state index in [0.717, 1.165) is 25.7 Å². The van der Waals surface area contributed by atoms with Crippen LogP contribution in [0.15, 0.2) is 47.8 Å². The zero-order valence-corrected chi connectivity index (χ0v) is 14.9. The van der Waals surface area contributed by atoms with Crippen molar-refractivity contribution in [3.8, 4) is 10.4 Å². The van der Waals surface area contributed by atoms with E-state index in [2.05, 4.69) is 9.97 Å². The molecule has 124 valence electrons. The molecule has 24 heavy (non-hydrogen) atoms. The summed E-state index contributed by atoms with van der Waals surface area (Å²) in [4.78, 5) is 10.6. The van der Waals surface area contributed by atoms with Gasteiger partial charge in [0.2, 0.25) is 0 Å². The van der Waals surface area contributed by atoms with Crippen LogP contribution >= 0.6 is 23.1 Å². The molecule has 5 nitrogen and oxygen atoms in total. The zero-order valence-electron chi connectivity index (χ0n) is 12.5. The third-order valence-corrected chi connectivity index (χ3v) is 8.24. The lowest BCUT2D eigenvalue weighted by Crippen LogP contribution is -2.20. The van der Waals surface area contributed by atoms with Gasteiger partial charge in [0.05, 0.1) is 22.9 Å². The summed E-state index contributed by atoms with van der Waals surface area (Å²) in [6.07, 6.45) is 0.642. The minimum Gasteiger partial charge on any atom is -0.391 e. The van der Waals surface area contributed by atoms with Gasteiger partial charge >= 0.3 is 0 Å². The molecule has 2 aromatic heterocycles. The molecule has 0 unspecified atom stereocenters. The SMILES string of the molecule is O=S1(=O)C[C@H](Sc2ncnc3sc(-c4ccccc4)cc23)[C@@H](O)C1. The van der Waals surface area contributed by atoms with E-state index >= 15 is 0 Å². The Balaban J connectivity index is 1.70. The Kier molecular flexibility index (Phi) is 4.07. The number of nitrogens with zero attached hydrogens (tertiary/aromatic N) is 2. The van der Waals surface area contributed by atoms with Crippen LogP contribution in [0.25, 0.3) is 20.7 Å². The molecule has 1 aromatic carbocycles. The van der Waals surface area contributed by atoms with Crippen molar-refractivity contribution in [2.24, 2.45) is 0 Å². The smallest absolute Gasteiger partial charge is 0.154 e. The first-order valence-electron chi connectivity index (χ1n) is 7.37. The molecule has 2 atom stereocenters. The molecule has 3 aromatic rings. The van der Waals surface area contributed by atoms with Gasteiger partial charge in [0, 0.05) is 10.3 Å². The topological polar surface area (TPSA) is 80.2 Å². The van der Waals surface area contributed by atoms with Gasteiger partial charge < -0.3 is 5.11 Å². The van der Waals surface area contributed by atoms with Crippen molar-refractivity contribution in [3.05, 3.63) is 42.7 Å². The molecule has 1 fully saturated rings. The average Bonchev–Trinajstić information content (AvgIpc) is 3.09. The molecule has 0 bridgehead atoms. The summed E-state index contributed by atoms with van der Waals surface area (Å²) in [5.74, 6) is -0.183. The highest BCUT2D eigenvalue weighted by Crippen LogP contribution is 2.39. The predicted molar refractivity (Wildman–Crippen MR) is 97.2 cm³/mol. The Morgan fingerprint density at radius 1 is 1.17 bits per heavy atom. The fraction of sp³-hybridized carbons (Fsp3) is 0.250. The van der Waals surface area contributed by atoms with Crippen molar-refractivity contribution in [3.63, 3.8) is 0 Å². The number of aromatic nitrogens is 2. The molecule has 0 spiro atoms. The second-order valence-corrected chi connectivity index (χ2v) is 10.1. The average molecular weight is 379 g/mol. The fourth-order valence-electron chi connectivity index (χ4n) is 2.73. The molecule has 0 saturated carbocycles. The predicted octanol–water partition coefficient (Wildman–Crippen LogP) is 2.61. The number of fused-ring (bicyclic) bond motifs is 1. The van der Waals surface area contributed by atoms with E-state index in [4.69, 9.17) is 0 Å². The fourth-order valence-corrected chi connectivity index (χ4v) is 7.35. The van der Waals surface area contributed by atoms with Crippen LogP contribution in [0.2, 0.25) is 0 Å². The standard InChI is InChI=1S/C16H14N2O3S3/c19-12-7-24(20,21)8-14(12)23-16-11-6-13(10-4-2-1-3-5-10)22-15(11)17-9-18-16/h1-6,9,12,14,19H,7-8H2/t12-,14-/m0/s1. The highest BCUT2D eigenvalue weighted by molar-refractivity contribution is 8.02. The van der Waals surface area contributed by atoms with Crippen molar-refractivity contribution < 1.29 is 13.5 Å². The van der Waals surface area contributed by atoms with Crippen molar-refractivity contribution in [1.82, 2.24) is 9.97 Å². The monoisotopic (exact) mass is 378 g/mol.